The lowest BCUT2D eigenvalue weighted by molar-refractivity contribution is -0.143. The Morgan fingerprint density at radius 3 is 2.09 bits per heavy atom. The van der Waals surface area contributed by atoms with E-state index in [0.29, 0.717) is 31.0 Å². The van der Waals surface area contributed by atoms with Crippen LogP contribution in [0.3, 0.4) is 0 Å². The molecule has 244 valence electrons. The van der Waals surface area contributed by atoms with E-state index < -0.39 is 71.7 Å². The number of aromatic nitrogens is 5. The van der Waals surface area contributed by atoms with Crippen molar-refractivity contribution in [1.82, 2.24) is 25.2 Å². The van der Waals surface area contributed by atoms with Crippen molar-refractivity contribution >= 4 is 17.7 Å². The van der Waals surface area contributed by atoms with Crippen LogP contribution in [0.25, 0.3) is 0 Å². The Morgan fingerprint density at radius 1 is 0.978 bits per heavy atom. The van der Waals surface area contributed by atoms with Crippen LogP contribution in [0.2, 0.25) is 0 Å². The zero-order valence-electron chi connectivity index (χ0n) is 23.9. The van der Waals surface area contributed by atoms with Gasteiger partial charge in [-0.1, -0.05) is 5.10 Å². The maximum absolute atomic E-state index is 13.9. The van der Waals surface area contributed by atoms with Crippen LogP contribution < -0.4 is 9.80 Å². The largest absolute Gasteiger partial charge is 0.446 e. The van der Waals surface area contributed by atoms with E-state index in [0.717, 1.165) is 15.8 Å². The van der Waals surface area contributed by atoms with E-state index in [1.165, 1.54) is 11.9 Å². The van der Waals surface area contributed by atoms with Crippen molar-refractivity contribution in [2.75, 3.05) is 9.80 Å². The number of alkyl halides is 9. The molecule has 1 fully saturated rings. The molecule has 0 spiro atoms. The van der Waals surface area contributed by atoms with E-state index >= 15 is 0 Å². The van der Waals surface area contributed by atoms with Crippen molar-refractivity contribution < 1.29 is 49.0 Å². The normalized spacial score (nSPS) is 19.1. The number of fused-ring (bicyclic) bond motifs is 1. The Hall–Kier alpha value is -4.12. The monoisotopic (exact) mass is 651 g/mol. The minimum Gasteiger partial charge on any atom is -0.446 e. The van der Waals surface area contributed by atoms with Gasteiger partial charge in [-0.05, 0) is 80.1 Å². The maximum Gasteiger partial charge on any atom is 0.433 e. The molecule has 2 aromatic heterocycles. The van der Waals surface area contributed by atoms with Crippen molar-refractivity contribution in [1.29, 1.82) is 0 Å². The van der Waals surface area contributed by atoms with Crippen LogP contribution in [0.5, 0.6) is 0 Å². The van der Waals surface area contributed by atoms with Gasteiger partial charge in [-0.15, -0.1) is 5.10 Å². The number of amides is 1. The Labute approximate surface area is 249 Å². The molecule has 5 rings (SSSR count). The van der Waals surface area contributed by atoms with E-state index in [4.69, 9.17) is 4.74 Å². The zero-order chi connectivity index (χ0) is 33.1. The summed E-state index contributed by atoms with van der Waals surface area (Å²) in [5.41, 5.74) is -5.28. The van der Waals surface area contributed by atoms with E-state index in [1.54, 1.807) is 13.8 Å². The third kappa shape index (κ3) is 6.93. The second-order valence-electron chi connectivity index (χ2n) is 11.2. The molecule has 45 heavy (non-hydrogen) atoms. The predicted molar refractivity (Wildman–Crippen MR) is 139 cm³/mol. The summed E-state index contributed by atoms with van der Waals surface area (Å²) in [5.74, 6) is -0.393. The summed E-state index contributed by atoms with van der Waals surface area (Å²) in [4.78, 5) is 20.5. The first-order chi connectivity index (χ1) is 20.8. The molecular weight excluding hydrogens is 625 g/mol. The molecule has 2 atom stereocenters. The fourth-order valence-corrected chi connectivity index (χ4v) is 5.37. The minimum absolute atomic E-state index is 0.0250. The van der Waals surface area contributed by atoms with Gasteiger partial charge in [0.2, 0.25) is 0 Å². The second-order valence-corrected chi connectivity index (χ2v) is 11.2. The Kier molecular flexibility index (Phi) is 8.14. The van der Waals surface area contributed by atoms with Crippen LogP contribution in [0.4, 0.5) is 55.9 Å². The van der Waals surface area contributed by atoms with Crippen LogP contribution >= 0.6 is 0 Å². The standard InChI is InChI=1S/C27H26F9N7O2/c1-13(2)45-24(44)43-18-6-7-21(27(34,35)36)37-22(18)20(11-19(43)15-4-5-15)42(23-38-40-41(3)39-23)12-14-8-16(25(28,29)30)10-17(9-14)26(31,32)33/h6-10,13,15,19-20H,4-5,11-12H2,1-3H3/t19-,20-/m0/s1. The fourth-order valence-electron chi connectivity index (χ4n) is 5.37. The summed E-state index contributed by atoms with van der Waals surface area (Å²) in [5, 5.41) is 11.7. The summed E-state index contributed by atoms with van der Waals surface area (Å²) < 4.78 is 129. The van der Waals surface area contributed by atoms with Gasteiger partial charge in [0.15, 0.2) is 0 Å². The van der Waals surface area contributed by atoms with Gasteiger partial charge in [0.1, 0.15) is 5.69 Å². The van der Waals surface area contributed by atoms with E-state index in [1.807, 2.05) is 0 Å². The lowest BCUT2D eigenvalue weighted by Crippen LogP contribution is -2.50. The number of carbonyl (C=O) groups is 1. The van der Waals surface area contributed by atoms with Crippen LogP contribution in [0.1, 0.15) is 67.2 Å². The van der Waals surface area contributed by atoms with Crippen LogP contribution in [-0.4, -0.2) is 43.4 Å². The molecule has 1 aliphatic carbocycles. The number of hydrogen-bond donors (Lipinski definition) is 0. The second kappa shape index (κ2) is 11.3. The first kappa shape index (κ1) is 32.3. The zero-order valence-corrected chi connectivity index (χ0v) is 23.9. The van der Waals surface area contributed by atoms with Crippen molar-refractivity contribution in [3.8, 4) is 0 Å². The molecule has 2 aliphatic rings. The molecule has 0 saturated heterocycles. The average molecular weight is 652 g/mol. The summed E-state index contributed by atoms with van der Waals surface area (Å²) in [7, 11) is 1.35. The van der Waals surface area contributed by atoms with Gasteiger partial charge in [0.25, 0.3) is 5.95 Å². The van der Waals surface area contributed by atoms with E-state index in [2.05, 4.69) is 20.4 Å². The first-order valence-electron chi connectivity index (χ1n) is 13.7. The number of ether oxygens (including phenoxy) is 1. The predicted octanol–water partition coefficient (Wildman–Crippen LogP) is 6.94. The highest BCUT2D eigenvalue weighted by atomic mass is 19.4. The van der Waals surface area contributed by atoms with Crippen LogP contribution in [0, 0.1) is 5.92 Å². The molecule has 3 heterocycles. The molecule has 1 aromatic carbocycles. The molecule has 9 nitrogen and oxygen atoms in total. The Morgan fingerprint density at radius 2 is 1.60 bits per heavy atom. The average Bonchev–Trinajstić information content (AvgIpc) is 3.68. The van der Waals surface area contributed by atoms with Gasteiger partial charge in [0.05, 0.1) is 41.7 Å². The molecule has 1 saturated carbocycles. The molecule has 0 radical (unpaired) electrons. The third-order valence-electron chi connectivity index (χ3n) is 7.40. The van der Waals surface area contributed by atoms with E-state index in [9.17, 15) is 44.3 Å². The number of nitrogens with zero attached hydrogens (tertiary/aromatic N) is 7. The highest BCUT2D eigenvalue weighted by Gasteiger charge is 2.48. The number of rotatable bonds is 6. The molecule has 0 bridgehead atoms. The van der Waals surface area contributed by atoms with Crippen molar-refractivity contribution in [3.63, 3.8) is 0 Å². The summed E-state index contributed by atoms with van der Waals surface area (Å²) in [6.07, 6.45) is -15.4. The smallest absolute Gasteiger partial charge is 0.433 e. The SMILES string of the molecule is CC(C)OC(=O)N1c2ccc(C(F)(F)F)nc2[C@@H](N(Cc2cc(C(F)(F)F)cc(C(F)(F)F)c2)c2nnn(C)n2)C[C@H]1C1CC1. The molecule has 1 amide bonds. The summed E-state index contributed by atoms with van der Waals surface area (Å²) in [6.45, 7) is 2.48. The number of carbonyl (C=O) groups excluding carboxylic acids is 1. The molecule has 1 aliphatic heterocycles. The highest BCUT2D eigenvalue weighted by Crippen LogP contribution is 2.49. The first-order valence-corrected chi connectivity index (χ1v) is 13.7. The van der Waals surface area contributed by atoms with Crippen molar-refractivity contribution in [2.45, 2.75) is 76.4 Å². The highest BCUT2D eigenvalue weighted by molar-refractivity contribution is 5.90. The van der Waals surface area contributed by atoms with Crippen LogP contribution in [-0.2, 0) is 36.9 Å². The number of hydrogen-bond acceptors (Lipinski definition) is 7. The number of benzene rings is 1. The van der Waals surface area contributed by atoms with Crippen molar-refractivity contribution in [3.05, 3.63) is 58.4 Å². The number of anilines is 2. The number of aryl methyl sites for hydroxylation is 1. The summed E-state index contributed by atoms with van der Waals surface area (Å²) >= 11 is 0. The summed E-state index contributed by atoms with van der Waals surface area (Å²) in [6, 6.07) is 0.876. The topological polar surface area (TPSA) is 89.3 Å². The van der Waals surface area contributed by atoms with Gasteiger partial charge < -0.3 is 9.64 Å². The van der Waals surface area contributed by atoms with Gasteiger partial charge in [-0.2, -0.15) is 44.3 Å². The Bertz CT molecular complexity index is 1530. The molecular formula is C27H26F9N7O2. The van der Waals surface area contributed by atoms with Gasteiger partial charge in [-0.25, -0.2) is 9.78 Å². The molecule has 3 aromatic rings. The quantitative estimate of drug-likeness (QED) is 0.267. The number of halogens is 9. The number of pyridine rings is 1. The maximum atomic E-state index is 13.9. The van der Waals surface area contributed by atoms with Crippen molar-refractivity contribution in [2.24, 2.45) is 13.0 Å². The van der Waals surface area contributed by atoms with Crippen LogP contribution in [0.15, 0.2) is 30.3 Å². The lowest BCUT2D eigenvalue weighted by atomic mass is 9.90. The van der Waals surface area contributed by atoms with Gasteiger partial charge in [-0.3, -0.25) is 4.90 Å². The molecule has 18 heteroatoms. The third-order valence-corrected chi connectivity index (χ3v) is 7.40. The van der Waals surface area contributed by atoms with Gasteiger partial charge >= 0.3 is 24.6 Å². The molecule has 0 N–H and O–H groups in total. The lowest BCUT2D eigenvalue weighted by Gasteiger charge is -2.43. The van der Waals surface area contributed by atoms with Gasteiger partial charge in [0, 0.05) is 12.6 Å². The minimum atomic E-state index is -5.14. The van der Waals surface area contributed by atoms with E-state index in [-0.39, 0.29) is 35.7 Å². The fraction of sp³-hybridized carbons (Fsp3) is 0.519. The Balaban J connectivity index is 1.69. The molecule has 0 unspecified atom stereocenters. The number of tetrazole rings is 1.